The molecule has 2 heterocycles. The fourth-order valence-electron chi connectivity index (χ4n) is 2.52. The molecule has 1 saturated heterocycles. The van der Waals surface area contributed by atoms with Crippen LogP contribution in [0, 0.1) is 5.41 Å². The lowest BCUT2D eigenvalue weighted by Crippen LogP contribution is -2.52. The van der Waals surface area contributed by atoms with Gasteiger partial charge >= 0.3 is 0 Å². The first-order valence-corrected chi connectivity index (χ1v) is 7.96. The van der Waals surface area contributed by atoms with Gasteiger partial charge < -0.3 is 15.4 Å². The molecule has 1 aliphatic heterocycles. The minimum absolute atomic E-state index is 0.00852. The Bertz CT molecular complexity index is 481. The molecule has 1 fully saturated rings. The van der Waals surface area contributed by atoms with Gasteiger partial charge in [0.2, 0.25) is 5.91 Å². The predicted molar refractivity (Wildman–Crippen MR) is 84.8 cm³/mol. The fraction of sp³-hybridized carbons (Fsp3) is 0.571. The predicted octanol–water partition coefficient (Wildman–Crippen LogP) is 2.35. The average Bonchev–Trinajstić information content (AvgIpc) is 2.99. The zero-order valence-electron chi connectivity index (χ0n) is 11.8. The lowest BCUT2D eigenvalue weighted by Gasteiger charge is -2.39. The summed E-state index contributed by atoms with van der Waals surface area (Å²) in [6, 6.07) is 4.06. The molecule has 1 aromatic heterocycles. The molecule has 20 heavy (non-hydrogen) atoms. The van der Waals surface area contributed by atoms with Crippen LogP contribution in [0.3, 0.4) is 0 Å². The third-order valence-electron chi connectivity index (χ3n) is 4.08. The molecule has 1 aliphatic rings. The monoisotopic (exact) mass is 312 g/mol. The van der Waals surface area contributed by atoms with E-state index in [1.807, 2.05) is 31.5 Å². The standard InChI is InChI=1S/C14H20N2O2S2/c1-10(11-4-3-9-20-11)16(2)13(17)14(12(15)19)5-7-18-8-6-14/h3-4,9-10H,5-8H2,1-2H3,(H2,15,19). The maximum atomic E-state index is 12.9. The first-order valence-electron chi connectivity index (χ1n) is 6.67. The van der Waals surface area contributed by atoms with E-state index >= 15 is 0 Å². The highest BCUT2D eigenvalue weighted by Gasteiger charge is 2.45. The highest BCUT2D eigenvalue weighted by atomic mass is 32.1. The Kier molecular flexibility index (Phi) is 4.78. The second-order valence-corrected chi connectivity index (χ2v) is 6.59. The summed E-state index contributed by atoms with van der Waals surface area (Å²) < 4.78 is 5.35. The molecule has 6 heteroatoms. The van der Waals surface area contributed by atoms with Crippen molar-refractivity contribution in [3.8, 4) is 0 Å². The van der Waals surface area contributed by atoms with Crippen molar-refractivity contribution in [2.24, 2.45) is 11.1 Å². The molecule has 2 rings (SSSR count). The minimum atomic E-state index is -0.742. The molecule has 4 nitrogen and oxygen atoms in total. The maximum absolute atomic E-state index is 12.9. The zero-order chi connectivity index (χ0) is 14.8. The van der Waals surface area contributed by atoms with Gasteiger partial charge in [0.25, 0.3) is 0 Å². The van der Waals surface area contributed by atoms with Gasteiger partial charge in [0.05, 0.1) is 11.0 Å². The van der Waals surface area contributed by atoms with Crippen LogP contribution in [0.25, 0.3) is 0 Å². The van der Waals surface area contributed by atoms with E-state index in [0.717, 1.165) is 4.88 Å². The number of nitrogens with zero attached hydrogens (tertiary/aromatic N) is 1. The van der Waals surface area contributed by atoms with E-state index in [0.29, 0.717) is 26.1 Å². The lowest BCUT2D eigenvalue weighted by molar-refractivity contribution is -0.143. The van der Waals surface area contributed by atoms with Crippen LogP contribution in [0.5, 0.6) is 0 Å². The molecular weight excluding hydrogens is 292 g/mol. The van der Waals surface area contributed by atoms with Gasteiger partial charge in [-0.2, -0.15) is 0 Å². The van der Waals surface area contributed by atoms with Crippen LogP contribution >= 0.6 is 23.6 Å². The Morgan fingerprint density at radius 1 is 1.55 bits per heavy atom. The highest BCUT2D eigenvalue weighted by molar-refractivity contribution is 7.80. The summed E-state index contributed by atoms with van der Waals surface area (Å²) in [5.74, 6) is 0.00852. The SMILES string of the molecule is CC(c1cccs1)N(C)C(=O)C1(C(N)=S)CCOCC1. The summed E-state index contributed by atoms with van der Waals surface area (Å²) in [6.45, 7) is 3.09. The highest BCUT2D eigenvalue weighted by Crippen LogP contribution is 2.36. The Morgan fingerprint density at radius 3 is 2.70 bits per heavy atom. The summed E-state index contributed by atoms with van der Waals surface area (Å²) in [6.07, 6.45) is 1.14. The van der Waals surface area contributed by atoms with E-state index in [4.69, 9.17) is 22.7 Å². The molecule has 1 amide bonds. The number of thiophene rings is 1. The summed E-state index contributed by atoms with van der Waals surface area (Å²) in [7, 11) is 1.82. The lowest BCUT2D eigenvalue weighted by atomic mass is 9.78. The van der Waals surface area contributed by atoms with E-state index in [-0.39, 0.29) is 16.9 Å². The second-order valence-electron chi connectivity index (χ2n) is 5.17. The number of hydrogen-bond donors (Lipinski definition) is 1. The number of carbonyl (C=O) groups is 1. The Morgan fingerprint density at radius 2 is 2.20 bits per heavy atom. The summed E-state index contributed by atoms with van der Waals surface area (Å²) in [4.78, 5) is 16.1. The summed E-state index contributed by atoms with van der Waals surface area (Å²) in [5, 5.41) is 2.02. The first-order chi connectivity index (χ1) is 9.49. The van der Waals surface area contributed by atoms with Gasteiger partial charge in [0.1, 0.15) is 5.41 Å². The zero-order valence-corrected chi connectivity index (χ0v) is 13.4. The van der Waals surface area contributed by atoms with Crippen molar-refractivity contribution < 1.29 is 9.53 Å². The van der Waals surface area contributed by atoms with E-state index in [1.54, 1.807) is 16.2 Å². The smallest absolute Gasteiger partial charge is 0.236 e. The number of amides is 1. The molecule has 0 aliphatic carbocycles. The van der Waals surface area contributed by atoms with Crippen molar-refractivity contribution in [2.45, 2.75) is 25.8 Å². The average molecular weight is 312 g/mol. The number of carbonyl (C=O) groups excluding carboxylic acids is 1. The molecule has 1 atom stereocenters. The Balaban J connectivity index is 2.21. The van der Waals surface area contributed by atoms with Crippen LogP contribution in [-0.4, -0.2) is 36.1 Å². The van der Waals surface area contributed by atoms with Gasteiger partial charge in [0, 0.05) is 25.1 Å². The normalized spacial score (nSPS) is 19.3. The fourth-order valence-corrected chi connectivity index (χ4v) is 3.64. The van der Waals surface area contributed by atoms with Gasteiger partial charge in [-0.25, -0.2) is 0 Å². The number of thiocarbonyl (C=S) groups is 1. The van der Waals surface area contributed by atoms with Crippen LogP contribution in [-0.2, 0) is 9.53 Å². The molecule has 1 unspecified atom stereocenters. The molecule has 2 N–H and O–H groups in total. The van der Waals surface area contributed by atoms with Gasteiger partial charge in [-0.1, -0.05) is 18.3 Å². The topological polar surface area (TPSA) is 55.6 Å². The van der Waals surface area contributed by atoms with Crippen LogP contribution in [0.4, 0.5) is 0 Å². The van der Waals surface area contributed by atoms with Crippen LogP contribution in [0.2, 0.25) is 0 Å². The molecule has 110 valence electrons. The van der Waals surface area contributed by atoms with E-state index < -0.39 is 5.41 Å². The van der Waals surface area contributed by atoms with Crippen molar-refractivity contribution >= 4 is 34.5 Å². The molecule has 0 saturated carbocycles. The third-order valence-corrected chi connectivity index (χ3v) is 5.52. The maximum Gasteiger partial charge on any atom is 0.236 e. The van der Waals surface area contributed by atoms with Crippen molar-refractivity contribution in [3.05, 3.63) is 22.4 Å². The summed E-state index contributed by atoms with van der Waals surface area (Å²) in [5.41, 5.74) is 5.15. The van der Waals surface area contributed by atoms with Gasteiger partial charge in [-0.15, -0.1) is 11.3 Å². The number of nitrogens with two attached hydrogens (primary N) is 1. The van der Waals surface area contributed by atoms with Crippen molar-refractivity contribution in [1.82, 2.24) is 4.90 Å². The molecule has 0 spiro atoms. The van der Waals surface area contributed by atoms with Crippen LogP contribution in [0.15, 0.2) is 17.5 Å². The number of ether oxygens (including phenoxy) is 1. The molecular formula is C14H20N2O2S2. The van der Waals surface area contributed by atoms with Gasteiger partial charge in [0.15, 0.2) is 0 Å². The van der Waals surface area contributed by atoms with Gasteiger partial charge in [-0.05, 0) is 31.2 Å². The van der Waals surface area contributed by atoms with Crippen molar-refractivity contribution in [1.29, 1.82) is 0 Å². The molecule has 0 radical (unpaired) electrons. The van der Waals surface area contributed by atoms with E-state index in [2.05, 4.69) is 0 Å². The largest absolute Gasteiger partial charge is 0.392 e. The quantitative estimate of drug-likeness (QED) is 0.867. The van der Waals surface area contributed by atoms with Crippen LogP contribution < -0.4 is 5.73 Å². The van der Waals surface area contributed by atoms with Crippen molar-refractivity contribution in [3.63, 3.8) is 0 Å². The summed E-state index contributed by atoms with van der Waals surface area (Å²) >= 11 is 6.84. The van der Waals surface area contributed by atoms with E-state index in [9.17, 15) is 4.79 Å². The Hall–Kier alpha value is -0.980. The third kappa shape index (κ3) is 2.73. The number of rotatable bonds is 4. The van der Waals surface area contributed by atoms with E-state index in [1.165, 1.54) is 0 Å². The second kappa shape index (κ2) is 6.20. The molecule has 0 bridgehead atoms. The Labute approximate surface area is 128 Å². The molecule has 1 aromatic rings. The first kappa shape index (κ1) is 15.4. The number of hydrogen-bond acceptors (Lipinski definition) is 4. The minimum Gasteiger partial charge on any atom is -0.392 e. The van der Waals surface area contributed by atoms with Crippen molar-refractivity contribution in [2.75, 3.05) is 20.3 Å². The van der Waals surface area contributed by atoms with Gasteiger partial charge in [-0.3, -0.25) is 4.79 Å². The molecule has 0 aromatic carbocycles. The van der Waals surface area contributed by atoms with Crippen LogP contribution in [0.1, 0.15) is 30.7 Å².